The van der Waals surface area contributed by atoms with E-state index in [1.54, 1.807) is 45.4 Å². The molecule has 0 spiro atoms. The van der Waals surface area contributed by atoms with Crippen LogP contribution in [0.15, 0.2) is 53.7 Å². The number of hydrogen-bond acceptors (Lipinski definition) is 6. The number of hydrogen-bond donors (Lipinski definition) is 1. The molecule has 1 N–H and O–H groups in total. The van der Waals surface area contributed by atoms with E-state index in [2.05, 4.69) is 9.97 Å². The van der Waals surface area contributed by atoms with Crippen molar-refractivity contribution in [3.05, 3.63) is 65.4 Å². The van der Waals surface area contributed by atoms with Crippen molar-refractivity contribution in [3.63, 3.8) is 0 Å². The summed E-state index contributed by atoms with van der Waals surface area (Å²) in [4.78, 5) is 20.7. The molecule has 1 aromatic heterocycles. The number of carboxylic acids is 1. The zero-order valence-corrected chi connectivity index (χ0v) is 16.6. The molecule has 0 unspecified atom stereocenters. The van der Waals surface area contributed by atoms with Gasteiger partial charge in [-0.15, -0.1) is 0 Å². The molecule has 144 valence electrons. The molecule has 0 saturated heterocycles. The Labute approximate surface area is 167 Å². The zero-order valence-electron chi connectivity index (χ0n) is 15.8. The summed E-state index contributed by atoms with van der Waals surface area (Å²) in [5.41, 5.74) is 2.75. The van der Waals surface area contributed by atoms with E-state index in [9.17, 15) is 9.90 Å². The topological polar surface area (TPSA) is 81.5 Å². The molecule has 0 atom stereocenters. The van der Waals surface area contributed by atoms with Crippen molar-refractivity contribution in [2.75, 3.05) is 14.2 Å². The Morgan fingerprint density at radius 1 is 0.964 bits per heavy atom. The van der Waals surface area contributed by atoms with E-state index in [-0.39, 0.29) is 5.56 Å². The second-order valence-electron chi connectivity index (χ2n) is 5.99. The van der Waals surface area contributed by atoms with Gasteiger partial charge in [0.05, 0.1) is 25.6 Å². The van der Waals surface area contributed by atoms with E-state index in [0.717, 1.165) is 11.3 Å². The van der Waals surface area contributed by atoms with E-state index in [1.165, 1.54) is 11.8 Å². The van der Waals surface area contributed by atoms with Gasteiger partial charge in [-0.2, -0.15) is 0 Å². The monoisotopic (exact) mass is 396 g/mol. The van der Waals surface area contributed by atoms with Gasteiger partial charge < -0.3 is 14.6 Å². The van der Waals surface area contributed by atoms with Crippen molar-refractivity contribution < 1.29 is 19.4 Å². The van der Waals surface area contributed by atoms with E-state index in [1.807, 2.05) is 24.3 Å². The first-order chi connectivity index (χ1) is 13.5. The van der Waals surface area contributed by atoms with Crippen LogP contribution < -0.4 is 9.47 Å². The van der Waals surface area contributed by atoms with Gasteiger partial charge in [-0.3, -0.25) is 0 Å². The average Bonchev–Trinajstić information content (AvgIpc) is 2.72. The Balaban J connectivity index is 1.91. The standard InChI is InChI=1S/C21H20N2O4S/c1-13-18(20(24)25)19(15-6-10-17(27-3)11-7-15)23-21(22-13)28-12-14-4-8-16(26-2)9-5-14/h4-11H,12H2,1-3H3,(H,24,25). The molecule has 0 saturated carbocycles. The summed E-state index contributed by atoms with van der Waals surface area (Å²) in [6.45, 7) is 1.69. The first kappa shape index (κ1) is 19.7. The summed E-state index contributed by atoms with van der Waals surface area (Å²) in [6.07, 6.45) is 0. The molecule has 0 amide bonds. The van der Waals surface area contributed by atoms with Gasteiger partial charge in [0.2, 0.25) is 0 Å². The van der Waals surface area contributed by atoms with Crippen molar-refractivity contribution in [3.8, 4) is 22.8 Å². The average molecular weight is 396 g/mol. The number of aromatic nitrogens is 2. The zero-order chi connectivity index (χ0) is 20.1. The highest BCUT2D eigenvalue weighted by atomic mass is 32.2. The number of aromatic carboxylic acids is 1. The van der Waals surface area contributed by atoms with Gasteiger partial charge in [-0.05, 0) is 48.9 Å². The lowest BCUT2D eigenvalue weighted by atomic mass is 10.0. The summed E-state index contributed by atoms with van der Waals surface area (Å²) in [5, 5.41) is 10.2. The van der Waals surface area contributed by atoms with Crippen LogP contribution in [0.5, 0.6) is 11.5 Å². The third-order valence-electron chi connectivity index (χ3n) is 4.17. The number of rotatable bonds is 7. The Morgan fingerprint density at radius 2 is 1.54 bits per heavy atom. The number of ether oxygens (including phenoxy) is 2. The number of carboxylic acid groups (broad SMARTS) is 1. The summed E-state index contributed by atoms with van der Waals surface area (Å²) in [5.74, 6) is 1.11. The Morgan fingerprint density at radius 3 is 2.07 bits per heavy atom. The molecule has 0 fully saturated rings. The van der Waals surface area contributed by atoms with Crippen LogP contribution >= 0.6 is 11.8 Å². The second kappa shape index (κ2) is 8.75. The van der Waals surface area contributed by atoms with Gasteiger partial charge in [-0.25, -0.2) is 14.8 Å². The van der Waals surface area contributed by atoms with Gasteiger partial charge in [0.25, 0.3) is 0 Å². The Bertz CT molecular complexity index is 973. The van der Waals surface area contributed by atoms with Crippen molar-refractivity contribution in [1.82, 2.24) is 9.97 Å². The molecule has 6 nitrogen and oxygen atoms in total. The fraction of sp³-hybridized carbons (Fsp3) is 0.190. The summed E-state index contributed by atoms with van der Waals surface area (Å²) >= 11 is 1.46. The van der Waals surface area contributed by atoms with Gasteiger partial charge in [0, 0.05) is 11.3 Å². The van der Waals surface area contributed by atoms with Crippen LogP contribution in [0.2, 0.25) is 0 Å². The highest BCUT2D eigenvalue weighted by Gasteiger charge is 2.19. The fourth-order valence-electron chi connectivity index (χ4n) is 2.70. The highest BCUT2D eigenvalue weighted by molar-refractivity contribution is 7.98. The minimum atomic E-state index is -1.05. The molecule has 1 heterocycles. The molecule has 7 heteroatoms. The molecule has 3 rings (SSSR count). The van der Waals surface area contributed by atoms with Gasteiger partial charge in [0.15, 0.2) is 5.16 Å². The van der Waals surface area contributed by atoms with Crippen LogP contribution in [0.25, 0.3) is 11.3 Å². The lowest BCUT2D eigenvalue weighted by Gasteiger charge is -2.11. The third kappa shape index (κ3) is 4.43. The first-order valence-electron chi connectivity index (χ1n) is 8.54. The van der Waals surface area contributed by atoms with Crippen LogP contribution in [-0.2, 0) is 5.75 Å². The molecule has 0 aliphatic carbocycles. The van der Waals surface area contributed by atoms with Gasteiger partial charge in [-0.1, -0.05) is 23.9 Å². The van der Waals surface area contributed by atoms with E-state index in [4.69, 9.17) is 9.47 Å². The number of thioether (sulfide) groups is 1. The maximum atomic E-state index is 11.8. The van der Waals surface area contributed by atoms with Crippen molar-refractivity contribution in [1.29, 1.82) is 0 Å². The van der Waals surface area contributed by atoms with E-state index < -0.39 is 5.97 Å². The lowest BCUT2D eigenvalue weighted by Crippen LogP contribution is -2.08. The van der Waals surface area contributed by atoms with Crippen molar-refractivity contribution in [2.45, 2.75) is 17.8 Å². The van der Waals surface area contributed by atoms with E-state index >= 15 is 0 Å². The highest BCUT2D eigenvalue weighted by Crippen LogP contribution is 2.29. The SMILES string of the molecule is COc1ccc(CSc2nc(C)c(C(=O)O)c(-c3ccc(OC)cc3)n2)cc1. The van der Waals surface area contributed by atoms with Crippen LogP contribution in [0.1, 0.15) is 21.6 Å². The molecule has 28 heavy (non-hydrogen) atoms. The van der Waals surface area contributed by atoms with Crippen LogP contribution in [0.3, 0.4) is 0 Å². The Hall–Kier alpha value is -3.06. The summed E-state index contributed by atoms with van der Waals surface area (Å²) < 4.78 is 10.3. The first-order valence-corrected chi connectivity index (χ1v) is 9.52. The molecular formula is C21H20N2O4S. The van der Waals surface area contributed by atoms with Crippen LogP contribution in [0.4, 0.5) is 0 Å². The van der Waals surface area contributed by atoms with Crippen LogP contribution in [-0.4, -0.2) is 35.3 Å². The minimum absolute atomic E-state index is 0.110. The lowest BCUT2D eigenvalue weighted by molar-refractivity contribution is 0.0695. The molecule has 0 aliphatic heterocycles. The maximum absolute atomic E-state index is 11.8. The molecule has 2 aromatic carbocycles. The fourth-order valence-corrected chi connectivity index (χ4v) is 3.54. The molecule has 0 aliphatic rings. The quantitative estimate of drug-likeness (QED) is 0.466. The van der Waals surface area contributed by atoms with Crippen molar-refractivity contribution in [2.24, 2.45) is 0 Å². The molecule has 0 radical (unpaired) electrons. The van der Waals surface area contributed by atoms with E-state index in [0.29, 0.717) is 33.6 Å². The summed E-state index contributed by atoms with van der Waals surface area (Å²) in [7, 11) is 3.21. The number of methoxy groups -OCH3 is 2. The number of aryl methyl sites for hydroxylation is 1. The largest absolute Gasteiger partial charge is 0.497 e. The maximum Gasteiger partial charge on any atom is 0.339 e. The Kier molecular flexibility index (Phi) is 6.16. The van der Waals surface area contributed by atoms with Gasteiger partial charge >= 0.3 is 5.97 Å². The molecule has 3 aromatic rings. The van der Waals surface area contributed by atoms with Crippen molar-refractivity contribution >= 4 is 17.7 Å². The molecular weight excluding hydrogens is 376 g/mol. The molecule has 0 bridgehead atoms. The summed E-state index contributed by atoms with van der Waals surface area (Å²) in [6, 6.07) is 14.9. The number of nitrogens with zero attached hydrogens (tertiary/aromatic N) is 2. The predicted molar refractivity (Wildman–Crippen MR) is 108 cm³/mol. The number of carbonyl (C=O) groups is 1. The third-order valence-corrected chi connectivity index (χ3v) is 5.09. The van der Waals surface area contributed by atoms with Crippen LogP contribution in [0, 0.1) is 6.92 Å². The predicted octanol–water partition coefficient (Wildman–Crippen LogP) is 4.46. The smallest absolute Gasteiger partial charge is 0.339 e. The normalized spacial score (nSPS) is 10.5. The number of benzene rings is 2. The van der Waals surface area contributed by atoms with Gasteiger partial charge in [0.1, 0.15) is 17.1 Å². The minimum Gasteiger partial charge on any atom is -0.497 e. The second-order valence-corrected chi connectivity index (χ2v) is 6.93.